The first kappa shape index (κ1) is 23.8. The highest BCUT2D eigenvalue weighted by Crippen LogP contribution is 2.47. The number of nitrogens with one attached hydrogen (secondary N) is 1. The number of likely N-dealkylation sites (tertiary alicyclic amines) is 1. The van der Waals surface area contributed by atoms with Gasteiger partial charge in [0.15, 0.2) is 0 Å². The zero-order chi connectivity index (χ0) is 23.0. The van der Waals surface area contributed by atoms with Crippen LogP contribution >= 0.6 is 11.6 Å². The third-order valence-corrected chi connectivity index (χ3v) is 5.54. The highest BCUT2D eigenvalue weighted by molar-refractivity contribution is 6.44. The van der Waals surface area contributed by atoms with Crippen LogP contribution in [0.2, 0.25) is 10.2 Å². The average Bonchev–Trinajstić information content (AvgIpc) is 2.68. The second kappa shape index (κ2) is 8.58. The third kappa shape index (κ3) is 4.98. The van der Waals surface area contributed by atoms with Gasteiger partial charge in [-0.05, 0) is 47.7 Å². The molecule has 0 saturated carbocycles. The molecular weight excluding hydrogens is 417 g/mol. The van der Waals surface area contributed by atoms with Gasteiger partial charge in [-0.2, -0.15) is 0 Å². The molecule has 1 saturated heterocycles. The van der Waals surface area contributed by atoms with Gasteiger partial charge in [0.2, 0.25) is 0 Å². The number of benzene rings is 1. The number of rotatable bonds is 5. The molecule has 1 N–H and O–H groups in total. The average molecular weight is 434 g/mol. The number of halogens is 3. The third-order valence-electron chi connectivity index (χ3n) is 5.25. The Morgan fingerprint density at radius 1 is 1.26 bits per heavy atom. The van der Waals surface area contributed by atoms with E-state index in [0.29, 0.717) is 5.82 Å². The number of amides is 1. The first-order valence-electron chi connectivity index (χ1n) is 9.44. The van der Waals surface area contributed by atoms with Crippen molar-refractivity contribution in [2.75, 3.05) is 13.1 Å². The van der Waals surface area contributed by atoms with Crippen LogP contribution in [0.3, 0.4) is 0 Å². The van der Waals surface area contributed by atoms with Crippen molar-refractivity contribution < 1.29 is 13.6 Å². The summed E-state index contributed by atoms with van der Waals surface area (Å²) in [6, 6.07) is 3.38. The van der Waals surface area contributed by atoms with E-state index in [1.165, 1.54) is 6.07 Å². The summed E-state index contributed by atoms with van der Waals surface area (Å²) in [6.07, 6.45) is 2.74. The molecule has 5 nitrogen and oxygen atoms in total. The first-order valence-corrected chi connectivity index (χ1v) is 9.82. The van der Waals surface area contributed by atoms with Crippen molar-refractivity contribution in [1.82, 2.24) is 20.2 Å². The molecule has 1 aromatic heterocycles. The maximum absolute atomic E-state index is 15.8. The van der Waals surface area contributed by atoms with Crippen molar-refractivity contribution in [2.45, 2.75) is 36.1 Å². The lowest BCUT2D eigenvalue weighted by Gasteiger charge is -2.58. The predicted octanol–water partition coefficient (Wildman–Crippen LogP) is 1.37. The Kier molecular flexibility index (Phi) is 6.59. The Labute approximate surface area is 190 Å². The van der Waals surface area contributed by atoms with Crippen LogP contribution < -0.4 is 5.32 Å². The molecule has 0 bridgehead atoms. The molecule has 1 atom stereocenters. The number of aromatic nitrogens is 2. The number of hydrogen-bond donors (Lipinski definition) is 1. The van der Waals surface area contributed by atoms with Gasteiger partial charge in [-0.1, -0.05) is 11.6 Å². The highest BCUT2D eigenvalue weighted by atomic mass is 35.5. The standard InChI is InChI=1S/C19H17B4ClF2N4O/c1-11-5-28-15(29-6-11)7-27-9-17(26)8-19(22,23)30(10-18(17,20)21)16(31)12-2-3-14(25)13(24)4-12/h2-6,27H,7-10H2,1H3. The van der Waals surface area contributed by atoms with Gasteiger partial charge in [0.25, 0.3) is 5.91 Å². The van der Waals surface area contributed by atoms with Crippen LogP contribution in [-0.2, 0) is 6.54 Å². The second-order valence-corrected chi connectivity index (χ2v) is 8.38. The van der Waals surface area contributed by atoms with Gasteiger partial charge in [0.05, 0.1) is 43.0 Å². The van der Waals surface area contributed by atoms with Gasteiger partial charge in [-0.25, -0.2) is 18.7 Å². The fraction of sp³-hybridized carbons (Fsp3) is 0.421. The summed E-state index contributed by atoms with van der Waals surface area (Å²) in [5.41, 5.74) is -1.34. The number of hydrogen-bond acceptors (Lipinski definition) is 4. The minimum Gasteiger partial charge on any atom is -0.351 e. The smallest absolute Gasteiger partial charge is 0.252 e. The SMILES string of the molecule is [B]C1([B])CC(F)(CNCc2ncc(C)cn2)C([B])([B])CN1C(=O)c1ccc(F)c(Cl)c1. The van der Waals surface area contributed by atoms with Crippen LogP contribution in [0.5, 0.6) is 0 Å². The van der Waals surface area contributed by atoms with E-state index in [4.69, 9.17) is 43.0 Å². The van der Waals surface area contributed by atoms with Gasteiger partial charge in [0.1, 0.15) is 17.3 Å². The molecule has 1 amide bonds. The Morgan fingerprint density at radius 3 is 2.52 bits per heavy atom. The summed E-state index contributed by atoms with van der Waals surface area (Å²) in [4.78, 5) is 22.2. The summed E-state index contributed by atoms with van der Waals surface area (Å²) < 4.78 is 29.3. The molecule has 1 fully saturated rings. The fourth-order valence-electron chi connectivity index (χ4n) is 3.42. The Balaban J connectivity index is 1.75. The largest absolute Gasteiger partial charge is 0.351 e. The van der Waals surface area contributed by atoms with E-state index in [2.05, 4.69) is 15.3 Å². The number of alkyl halides is 1. The number of nitrogens with zero attached hydrogens (tertiary/aromatic N) is 3. The molecule has 1 aromatic carbocycles. The monoisotopic (exact) mass is 434 g/mol. The number of carbonyl (C=O) groups is 1. The van der Waals surface area contributed by atoms with E-state index in [1.807, 2.05) is 6.92 Å². The summed E-state index contributed by atoms with van der Waals surface area (Å²) in [7, 11) is 24.3. The Morgan fingerprint density at radius 2 is 1.90 bits per heavy atom. The maximum Gasteiger partial charge on any atom is 0.252 e. The predicted molar refractivity (Wildman–Crippen MR) is 118 cm³/mol. The van der Waals surface area contributed by atoms with E-state index in [-0.39, 0.29) is 23.7 Å². The minimum atomic E-state index is -2.25. The molecule has 0 aliphatic carbocycles. The van der Waals surface area contributed by atoms with E-state index >= 15 is 4.39 Å². The number of piperidine rings is 1. The van der Waals surface area contributed by atoms with Crippen molar-refractivity contribution in [3.05, 3.63) is 58.4 Å². The summed E-state index contributed by atoms with van der Waals surface area (Å²) in [5.74, 6) is -0.932. The minimum absolute atomic E-state index is 0.0171. The number of carbonyl (C=O) groups excluding carboxylic acids is 1. The normalized spacial score (nSPS) is 22.3. The summed E-state index contributed by atoms with van der Waals surface area (Å²) in [6.45, 7) is 1.24. The second-order valence-electron chi connectivity index (χ2n) is 7.97. The lowest BCUT2D eigenvalue weighted by atomic mass is 9.39. The molecule has 1 aliphatic rings. The van der Waals surface area contributed by atoms with Crippen LogP contribution in [0.25, 0.3) is 0 Å². The van der Waals surface area contributed by atoms with Gasteiger partial charge >= 0.3 is 0 Å². The zero-order valence-corrected chi connectivity index (χ0v) is 17.7. The molecule has 1 unspecified atom stereocenters. The Bertz CT molecular complexity index is 980. The van der Waals surface area contributed by atoms with Gasteiger partial charge in [-0.3, -0.25) is 4.79 Å². The topological polar surface area (TPSA) is 58.1 Å². The summed E-state index contributed by atoms with van der Waals surface area (Å²) >= 11 is 5.75. The van der Waals surface area contributed by atoms with Gasteiger partial charge < -0.3 is 10.2 Å². The van der Waals surface area contributed by atoms with Crippen molar-refractivity contribution in [3.8, 4) is 0 Å². The molecular formula is C19H17B4ClF2N4O. The van der Waals surface area contributed by atoms with Gasteiger partial charge in [0, 0.05) is 31.0 Å². The van der Waals surface area contributed by atoms with E-state index < -0.39 is 40.9 Å². The van der Waals surface area contributed by atoms with Crippen molar-refractivity contribution in [3.63, 3.8) is 0 Å². The molecule has 152 valence electrons. The van der Waals surface area contributed by atoms with Crippen molar-refractivity contribution >= 4 is 48.9 Å². The summed E-state index contributed by atoms with van der Waals surface area (Å²) in [5, 5.41) is -1.25. The fourth-order valence-corrected chi connectivity index (χ4v) is 3.60. The molecule has 2 aromatic rings. The molecule has 1 aliphatic heterocycles. The highest BCUT2D eigenvalue weighted by Gasteiger charge is 2.54. The molecule has 2 heterocycles. The maximum atomic E-state index is 15.8. The molecule has 3 rings (SSSR count). The Hall–Kier alpha value is -1.86. The van der Waals surface area contributed by atoms with Crippen molar-refractivity contribution in [1.29, 1.82) is 0 Å². The quantitative estimate of drug-likeness (QED) is 0.723. The molecule has 8 radical (unpaired) electrons. The zero-order valence-electron chi connectivity index (χ0n) is 16.9. The van der Waals surface area contributed by atoms with Crippen LogP contribution in [0, 0.1) is 12.7 Å². The van der Waals surface area contributed by atoms with E-state index in [9.17, 15) is 9.18 Å². The molecule has 0 spiro atoms. The molecule has 31 heavy (non-hydrogen) atoms. The van der Waals surface area contributed by atoms with E-state index in [0.717, 1.165) is 22.6 Å². The first-order chi connectivity index (χ1) is 14.3. The van der Waals surface area contributed by atoms with Crippen LogP contribution in [0.1, 0.15) is 28.2 Å². The van der Waals surface area contributed by atoms with Crippen LogP contribution in [0.15, 0.2) is 30.6 Å². The lowest BCUT2D eigenvalue weighted by Crippen LogP contribution is -2.68. The number of aryl methyl sites for hydroxylation is 1. The van der Waals surface area contributed by atoms with E-state index in [1.54, 1.807) is 12.4 Å². The van der Waals surface area contributed by atoms with Crippen molar-refractivity contribution in [2.24, 2.45) is 0 Å². The lowest BCUT2D eigenvalue weighted by molar-refractivity contribution is 0.0154. The van der Waals surface area contributed by atoms with Gasteiger partial charge in [-0.15, -0.1) is 0 Å². The molecule has 12 heteroatoms. The van der Waals surface area contributed by atoms with Crippen LogP contribution in [-0.4, -0.2) is 76.3 Å². The van der Waals surface area contributed by atoms with Crippen LogP contribution in [0.4, 0.5) is 8.78 Å².